The lowest BCUT2D eigenvalue weighted by Crippen LogP contribution is -2.38. The van der Waals surface area contributed by atoms with E-state index in [1.54, 1.807) is 0 Å². The molecule has 5 N–H and O–H groups in total. The van der Waals surface area contributed by atoms with Crippen LogP contribution in [0.5, 0.6) is 0 Å². The Morgan fingerprint density at radius 3 is 2.96 bits per heavy atom. The molecule has 28 heavy (non-hydrogen) atoms. The minimum atomic E-state index is 0.0712. The minimum absolute atomic E-state index is 0.0712. The maximum atomic E-state index is 11.6. The van der Waals surface area contributed by atoms with Gasteiger partial charge < -0.3 is 25.9 Å². The van der Waals surface area contributed by atoms with Crippen LogP contribution in [0, 0.1) is 11.8 Å². The molecule has 0 aromatic carbocycles. The summed E-state index contributed by atoms with van der Waals surface area (Å²) in [6, 6.07) is 2.17. The topological polar surface area (TPSA) is 99.8 Å². The van der Waals surface area contributed by atoms with Crippen LogP contribution in [0.25, 0.3) is 5.70 Å². The highest BCUT2D eigenvalue weighted by Gasteiger charge is 2.34. The number of hydrogen-bond acceptors (Lipinski definition) is 6. The van der Waals surface area contributed by atoms with E-state index in [9.17, 15) is 4.79 Å². The zero-order valence-electron chi connectivity index (χ0n) is 16.0. The van der Waals surface area contributed by atoms with Crippen LogP contribution >= 0.6 is 0 Å². The van der Waals surface area contributed by atoms with E-state index < -0.39 is 0 Å². The number of hydrazine groups is 2. The van der Waals surface area contributed by atoms with E-state index in [1.807, 2.05) is 22.4 Å². The number of nitrogens with zero attached hydrogens (tertiary/aromatic N) is 3. The summed E-state index contributed by atoms with van der Waals surface area (Å²) >= 11 is 0. The summed E-state index contributed by atoms with van der Waals surface area (Å²) in [6.07, 6.45) is 8.62. The van der Waals surface area contributed by atoms with Crippen molar-refractivity contribution >= 4 is 23.9 Å². The molecule has 9 nitrogen and oxygen atoms in total. The quantitative estimate of drug-likeness (QED) is 0.473. The van der Waals surface area contributed by atoms with Crippen molar-refractivity contribution < 1.29 is 4.79 Å². The SMILES string of the molecule is O=C1NCCN1CCNC[C@H]1CC[C@H](C2=C3c4cc[nH]c4N=CN3NN2)CC1. The summed E-state index contributed by atoms with van der Waals surface area (Å²) in [7, 11) is 0. The van der Waals surface area contributed by atoms with Gasteiger partial charge in [-0.1, -0.05) is 0 Å². The Hall–Kier alpha value is -2.52. The monoisotopic (exact) mass is 384 g/mol. The summed E-state index contributed by atoms with van der Waals surface area (Å²) in [5.74, 6) is 2.19. The number of allylic oxidation sites excluding steroid dienone is 1. The molecule has 3 aliphatic heterocycles. The molecule has 9 heteroatoms. The highest BCUT2D eigenvalue weighted by molar-refractivity contribution is 5.87. The maximum Gasteiger partial charge on any atom is 0.317 e. The van der Waals surface area contributed by atoms with E-state index in [4.69, 9.17) is 0 Å². The number of hydrogen-bond donors (Lipinski definition) is 5. The second-order valence-electron chi connectivity index (χ2n) is 7.99. The van der Waals surface area contributed by atoms with Crippen molar-refractivity contribution in [1.82, 2.24) is 36.5 Å². The Kier molecular flexibility index (Phi) is 4.69. The van der Waals surface area contributed by atoms with Crippen molar-refractivity contribution in [3.63, 3.8) is 0 Å². The van der Waals surface area contributed by atoms with E-state index in [0.717, 1.165) is 50.0 Å². The van der Waals surface area contributed by atoms with Crippen LogP contribution in [0.1, 0.15) is 31.2 Å². The number of H-pyrrole nitrogens is 1. The third-order valence-electron chi connectivity index (χ3n) is 6.28. The zero-order chi connectivity index (χ0) is 18.9. The average Bonchev–Trinajstić information content (AvgIpc) is 3.44. The molecule has 0 atom stereocenters. The zero-order valence-corrected chi connectivity index (χ0v) is 16.0. The number of carbonyl (C=O) groups excluding carboxylic acids is 1. The normalized spacial score (nSPS) is 26.4. The van der Waals surface area contributed by atoms with Crippen molar-refractivity contribution in [2.24, 2.45) is 16.8 Å². The average molecular weight is 384 g/mol. The summed E-state index contributed by atoms with van der Waals surface area (Å²) < 4.78 is 0. The molecule has 0 bridgehead atoms. The fraction of sp³-hybridized carbons (Fsp3) is 0.579. The van der Waals surface area contributed by atoms with Gasteiger partial charge in [-0.25, -0.2) is 14.8 Å². The summed E-state index contributed by atoms with van der Waals surface area (Å²) in [5, 5.41) is 8.38. The smallest absolute Gasteiger partial charge is 0.317 e. The first kappa shape index (κ1) is 17.6. The van der Waals surface area contributed by atoms with Gasteiger partial charge in [-0.2, -0.15) is 0 Å². The first-order chi connectivity index (χ1) is 13.8. The third-order valence-corrected chi connectivity index (χ3v) is 6.28. The molecule has 2 fully saturated rings. The molecule has 1 aromatic rings. The predicted molar refractivity (Wildman–Crippen MR) is 107 cm³/mol. The van der Waals surface area contributed by atoms with E-state index >= 15 is 0 Å². The van der Waals surface area contributed by atoms with Crippen molar-refractivity contribution in [2.75, 3.05) is 32.7 Å². The number of amides is 2. The molecule has 2 amide bonds. The molecule has 1 saturated carbocycles. The highest BCUT2D eigenvalue weighted by Crippen LogP contribution is 2.40. The number of aromatic nitrogens is 1. The molecule has 150 valence electrons. The fourth-order valence-corrected chi connectivity index (χ4v) is 4.70. The Morgan fingerprint density at radius 1 is 1.25 bits per heavy atom. The molecule has 4 aliphatic rings. The Bertz CT molecular complexity index is 792. The van der Waals surface area contributed by atoms with Gasteiger partial charge in [0.05, 0.1) is 11.4 Å². The molecule has 0 radical (unpaired) electrons. The van der Waals surface area contributed by atoms with E-state index in [-0.39, 0.29) is 6.03 Å². The van der Waals surface area contributed by atoms with E-state index in [0.29, 0.717) is 5.92 Å². The molecular weight excluding hydrogens is 356 g/mol. The lowest BCUT2D eigenvalue weighted by atomic mass is 9.79. The molecular formula is C19H28N8O. The van der Waals surface area contributed by atoms with Gasteiger partial charge in [0.15, 0.2) is 0 Å². The first-order valence-corrected chi connectivity index (χ1v) is 10.3. The van der Waals surface area contributed by atoms with Crippen LogP contribution in [0.2, 0.25) is 0 Å². The van der Waals surface area contributed by atoms with Crippen molar-refractivity contribution in [1.29, 1.82) is 0 Å². The van der Waals surface area contributed by atoms with Crippen LogP contribution < -0.4 is 21.6 Å². The molecule has 0 unspecified atom stereocenters. The van der Waals surface area contributed by atoms with Crippen LogP contribution in [0.15, 0.2) is 23.0 Å². The number of aromatic amines is 1. The van der Waals surface area contributed by atoms with Gasteiger partial charge in [-0.3, -0.25) is 0 Å². The Balaban J connectivity index is 1.12. The predicted octanol–water partition coefficient (Wildman–Crippen LogP) is 1.10. The second kappa shape index (κ2) is 7.48. The Morgan fingerprint density at radius 2 is 2.14 bits per heavy atom. The summed E-state index contributed by atoms with van der Waals surface area (Å²) in [6.45, 7) is 4.31. The minimum Gasteiger partial charge on any atom is -0.346 e. The van der Waals surface area contributed by atoms with Gasteiger partial charge in [0.2, 0.25) is 0 Å². The van der Waals surface area contributed by atoms with Gasteiger partial charge in [0.25, 0.3) is 0 Å². The largest absolute Gasteiger partial charge is 0.346 e. The fourth-order valence-electron chi connectivity index (χ4n) is 4.70. The maximum absolute atomic E-state index is 11.6. The number of fused-ring (bicyclic) bond motifs is 3. The second-order valence-corrected chi connectivity index (χ2v) is 7.99. The summed E-state index contributed by atoms with van der Waals surface area (Å²) in [5.41, 5.74) is 10.3. The number of aliphatic imine (C=N–C) groups is 1. The van der Waals surface area contributed by atoms with Crippen molar-refractivity contribution in [3.05, 3.63) is 23.5 Å². The van der Waals surface area contributed by atoms with Crippen molar-refractivity contribution in [3.8, 4) is 0 Å². The Labute approximate surface area is 164 Å². The van der Waals surface area contributed by atoms with Gasteiger partial charge >= 0.3 is 6.03 Å². The first-order valence-electron chi connectivity index (χ1n) is 10.3. The summed E-state index contributed by atoms with van der Waals surface area (Å²) in [4.78, 5) is 21.1. The van der Waals surface area contributed by atoms with Crippen LogP contribution in [-0.2, 0) is 0 Å². The van der Waals surface area contributed by atoms with E-state index in [2.05, 4.69) is 37.6 Å². The number of urea groups is 1. The standard InChI is InChI=1S/C19H28N8O/c28-19-22-8-10-26(19)9-7-20-11-13-1-3-14(4-2-13)16-17-15-5-6-21-18(15)23-12-27(17)25-24-16/h5-6,12-14,20-21,24-25H,1-4,7-11H2,(H,22,28)/t13-,14-. The number of rotatable bonds is 6. The van der Waals surface area contributed by atoms with Gasteiger partial charge in [-0.05, 0) is 44.2 Å². The molecule has 0 spiro atoms. The lowest BCUT2D eigenvalue weighted by Gasteiger charge is -2.30. The van der Waals surface area contributed by atoms with Gasteiger partial charge in [-0.15, -0.1) is 5.53 Å². The molecule has 5 rings (SSSR count). The van der Waals surface area contributed by atoms with Crippen LogP contribution in [-0.4, -0.2) is 60.0 Å². The van der Waals surface area contributed by atoms with Crippen LogP contribution in [0.4, 0.5) is 10.6 Å². The molecule has 1 saturated heterocycles. The van der Waals surface area contributed by atoms with Crippen LogP contribution in [0.3, 0.4) is 0 Å². The third kappa shape index (κ3) is 3.24. The van der Waals surface area contributed by atoms with E-state index in [1.165, 1.54) is 37.1 Å². The number of carbonyl (C=O) groups is 1. The molecule has 1 aromatic heterocycles. The molecule has 1 aliphatic carbocycles. The van der Waals surface area contributed by atoms with Gasteiger partial charge in [0.1, 0.15) is 12.2 Å². The molecule has 4 heterocycles. The van der Waals surface area contributed by atoms with Crippen molar-refractivity contribution in [2.45, 2.75) is 25.7 Å². The highest BCUT2D eigenvalue weighted by atomic mass is 16.2. The lowest BCUT2D eigenvalue weighted by molar-refractivity contribution is 0.216. The van der Waals surface area contributed by atoms with Gasteiger partial charge in [0, 0.05) is 43.9 Å². The number of nitrogens with one attached hydrogen (secondary N) is 5.